The Morgan fingerprint density at radius 1 is 0.396 bits per heavy atom. The van der Waals surface area contributed by atoms with Crippen molar-refractivity contribution >= 4 is 27.7 Å². The first-order valence-corrected chi connectivity index (χ1v) is 18.8. The van der Waals surface area contributed by atoms with Crippen molar-refractivity contribution in [3.63, 3.8) is 0 Å². The molecule has 0 fully saturated rings. The first-order valence-electron chi connectivity index (χ1n) is 17.1. The van der Waals surface area contributed by atoms with Crippen LogP contribution in [0.4, 0.5) is 0 Å². The van der Waals surface area contributed by atoms with Crippen LogP contribution in [0.3, 0.4) is 0 Å². The van der Waals surface area contributed by atoms with Gasteiger partial charge >= 0.3 is 0 Å². The molecule has 5 unspecified atom stereocenters. The minimum atomic E-state index is -0.297. The highest BCUT2D eigenvalue weighted by atomic mass is 31.0. The van der Waals surface area contributed by atoms with Gasteiger partial charge in [-0.2, -0.15) is 0 Å². The van der Waals surface area contributed by atoms with Crippen molar-refractivity contribution in [3.8, 4) is 0 Å². The lowest BCUT2D eigenvalue weighted by Crippen LogP contribution is -2.37. The van der Waals surface area contributed by atoms with Crippen LogP contribution in [0.25, 0.3) is 0 Å². The first-order chi connectivity index (χ1) is 23.4. The molecule has 0 aliphatic heterocycles. The normalized spacial score (nSPS) is 13.5. The lowest BCUT2D eigenvalue weighted by atomic mass is 9.68. The largest absolute Gasteiger partial charge is 0.122 e. The van der Waals surface area contributed by atoms with Crippen LogP contribution < -0.4 is 0 Å². The van der Waals surface area contributed by atoms with Crippen molar-refractivity contribution in [1.29, 1.82) is 0 Å². The van der Waals surface area contributed by atoms with Crippen LogP contribution in [0.1, 0.15) is 59.6 Å². The molecule has 0 saturated heterocycles. The maximum Gasteiger partial charge on any atom is 0.0372 e. The lowest BCUT2D eigenvalue weighted by Gasteiger charge is -2.45. The second-order valence-electron chi connectivity index (χ2n) is 13.3. The molecule has 0 heterocycles. The first kappa shape index (κ1) is 34.5. The van der Waals surface area contributed by atoms with Gasteiger partial charge in [0.25, 0.3) is 0 Å². The van der Waals surface area contributed by atoms with E-state index in [-0.39, 0.29) is 15.5 Å². The molecule has 0 amide bonds. The summed E-state index contributed by atoms with van der Waals surface area (Å²) in [5.41, 5.74) is 7.98. The third-order valence-corrected chi connectivity index (χ3v) is 13.9. The Morgan fingerprint density at radius 3 is 0.979 bits per heavy atom. The van der Waals surface area contributed by atoms with E-state index in [1.165, 1.54) is 33.4 Å². The van der Waals surface area contributed by atoms with Crippen LogP contribution in [0.15, 0.2) is 182 Å². The van der Waals surface area contributed by atoms with Crippen LogP contribution >= 0.6 is 27.7 Å². The molecule has 0 bridgehead atoms. The van der Waals surface area contributed by atoms with E-state index in [0.29, 0.717) is 11.8 Å². The van der Waals surface area contributed by atoms with Gasteiger partial charge in [0, 0.05) is 15.5 Å². The van der Waals surface area contributed by atoms with Gasteiger partial charge in [-0.05, 0) is 64.5 Å². The monoisotopic (exact) mass is 680 g/mol. The molecule has 0 spiro atoms. The Bertz CT molecular complexity index is 1710. The molecule has 0 aliphatic rings. The van der Waals surface area contributed by atoms with Gasteiger partial charge < -0.3 is 0 Å². The van der Waals surface area contributed by atoms with Crippen molar-refractivity contribution < 1.29 is 0 Å². The molecule has 3 heteroatoms. The minimum Gasteiger partial charge on any atom is -0.122 e. The van der Waals surface area contributed by atoms with Crippen LogP contribution in [-0.2, 0) is 15.5 Å². The average molecular weight is 681 g/mol. The minimum absolute atomic E-state index is 0.222. The van der Waals surface area contributed by atoms with E-state index in [1.807, 2.05) is 0 Å². The van der Waals surface area contributed by atoms with Gasteiger partial charge in [0.05, 0.1) is 0 Å². The fourth-order valence-electron chi connectivity index (χ4n) is 7.70. The maximum atomic E-state index is 3.41. The number of benzene rings is 6. The quantitative estimate of drug-likeness (QED) is 0.107. The topological polar surface area (TPSA) is 0 Å². The molecule has 0 aromatic heterocycles. The van der Waals surface area contributed by atoms with E-state index in [9.17, 15) is 0 Å². The van der Waals surface area contributed by atoms with Gasteiger partial charge in [0.2, 0.25) is 0 Å². The molecule has 6 aromatic carbocycles. The highest BCUT2D eigenvalue weighted by Crippen LogP contribution is 2.55. The summed E-state index contributed by atoms with van der Waals surface area (Å²) in [6, 6.07) is 66.6. The molecule has 0 N–H and O–H groups in total. The Hall–Kier alpha value is -3.39. The summed E-state index contributed by atoms with van der Waals surface area (Å²) in [5, 5.41) is -0.773. The lowest BCUT2D eigenvalue weighted by molar-refractivity contribution is 0.279. The third-order valence-electron chi connectivity index (χ3n) is 10.5. The SMILES string of the molecule is CC(CC(CCC(P)(c1ccccc1)c1ccccc1)C(P)(c1ccccc1)c1ccccc1)C(P)(c1ccccc1)c1ccccc1. The molecular formula is C45H47P3. The van der Waals surface area contributed by atoms with Gasteiger partial charge in [0.1, 0.15) is 0 Å². The predicted molar refractivity (Wildman–Crippen MR) is 217 cm³/mol. The number of rotatable bonds is 13. The number of hydrogen-bond donors (Lipinski definition) is 0. The number of hydrogen-bond acceptors (Lipinski definition) is 0. The molecule has 0 saturated carbocycles. The van der Waals surface area contributed by atoms with Gasteiger partial charge in [0.15, 0.2) is 0 Å². The summed E-state index contributed by atoms with van der Waals surface area (Å²) in [6.07, 6.45) is 3.03. The molecule has 5 atom stereocenters. The smallest absolute Gasteiger partial charge is 0.0372 e. The van der Waals surface area contributed by atoms with Crippen molar-refractivity contribution in [1.82, 2.24) is 0 Å². The second-order valence-corrected chi connectivity index (χ2v) is 16.1. The Labute approximate surface area is 295 Å². The molecule has 0 nitrogen and oxygen atoms in total. The molecule has 0 aliphatic carbocycles. The summed E-state index contributed by atoms with van der Waals surface area (Å²) in [6.45, 7) is 2.46. The van der Waals surface area contributed by atoms with E-state index < -0.39 is 0 Å². The summed E-state index contributed by atoms with van der Waals surface area (Å²) in [4.78, 5) is 0. The Kier molecular flexibility index (Phi) is 11.1. The highest BCUT2D eigenvalue weighted by Gasteiger charge is 2.44. The summed E-state index contributed by atoms with van der Waals surface area (Å²) in [5.74, 6) is 0.596. The highest BCUT2D eigenvalue weighted by molar-refractivity contribution is 7.19. The third kappa shape index (κ3) is 7.01. The van der Waals surface area contributed by atoms with E-state index in [1.54, 1.807) is 0 Å². The Balaban J connectivity index is 1.49. The fraction of sp³-hybridized carbons (Fsp3) is 0.200. The fourth-order valence-corrected chi connectivity index (χ4v) is 9.46. The zero-order valence-electron chi connectivity index (χ0n) is 27.8. The zero-order valence-corrected chi connectivity index (χ0v) is 31.3. The van der Waals surface area contributed by atoms with Gasteiger partial charge in [-0.25, -0.2) is 0 Å². The summed E-state index contributed by atoms with van der Waals surface area (Å²) in [7, 11) is 10.0. The van der Waals surface area contributed by atoms with E-state index in [2.05, 4.69) is 217 Å². The molecule has 0 radical (unpaired) electrons. The van der Waals surface area contributed by atoms with E-state index in [0.717, 1.165) is 19.3 Å². The molecule has 48 heavy (non-hydrogen) atoms. The molecule has 6 rings (SSSR count). The predicted octanol–water partition coefficient (Wildman–Crippen LogP) is 11.9. The summed E-state index contributed by atoms with van der Waals surface area (Å²) < 4.78 is 0. The van der Waals surface area contributed by atoms with Gasteiger partial charge in [-0.3, -0.25) is 0 Å². The second kappa shape index (κ2) is 15.4. The van der Waals surface area contributed by atoms with Crippen molar-refractivity contribution in [2.24, 2.45) is 11.8 Å². The zero-order chi connectivity index (χ0) is 33.5. The van der Waals surface area contributed by atoms with Gasteiger partial charge in [-0.1, -0.05) is 189 Å². The van der Waals surface area contributed by atoms with E-state index >= 15 is 0 Å². The van der Waals surface area contributed by atoms with Crippen molar-refractivity contribution in [2.45, 2.75) is 41.7 Å². The standard InChI is InChI=1S/C45H47P3/c1-35(44(47,38-24-12-4-13-25-38)39-26-14-5-15-27-39)34-42(45(48,40-28-16-6-17-29-40)41-30-18-7-19-31-41)32-33-43(46,36-20-8-2-9-21-36)37-22-10-3-11-23-37/h2-31,35,42H,32-34,46-48H2,1H3. The average Bonchev–Trinajstić information content (AvgIpc) is 3.17. The van der Waals surface area contributed by atoms with Gasteiger partial charge in [-0.15, -0.1) is 27.7 Å². The van der Waals surface area contributed by atoms with Crippen molar-refractivity contribution in [2.75, 3.05) is 0 Å². The molecule has 6 aromatic rings. The van der Waals surface area contributed by atoms with Crippen LogP contribution in [0.2, 0.25) is 0 Å². The summed E-state index contributed by atoms with van der Waals surface area (Å²) >= 11 is 0. The van der Waals surface area contributed by atoms with Crippen molar-refractivity contribution in [3.05, 3.63) is 215 Å². The van der Waals surface area contributed by atoms with Crippen LogP contribution in [-0.4, -0.2) is 0 Å². The van der Waals surface area contributed by atoms with E-state index in [4.69, 9.17) is 0 Å². The van der Waals surface area contributed by atoms with Crippen LogP contribution in [0, 0.1) is 11.8 Å². The van der Waals surface area contributed by atoms with Crippen LogP contribution in [0.5, 0.6) is 0 Å². The maximum absolute atomic E-state index is 3.41. The molecule has 242 valence electrons. The Morgan fingerprint density at radius 2 is 0.667 bits per heavy atom. The molecular weight excluding hydrogens is 633 g/mol.